The lowest BCUT2D eigenvalue weighted by atomic mass is 9.77. The first kappa shape index (κ1) is 53.0. The SMILES string of the molecule is CC(C)(C)C(=O)OCOC(=O)C1=C(Sc2ccncc2)CC[C@@H]2[C@H](NC(=O)/C(=N\OC(c3ccccc3)(c3ccccc3)c3ccccc3)c3nc(NC(c4ccccc4)(c4ccccc4)c4ccccc4)sc3Cl)C(=O)N12. The summed E-state index contributed by atoms with van der Waals surface area (Å²) in [4.78, 5) is 75.7. The van der Waals surface area contributed by atoms with Crippen molar-refractivity contribution in [3.05, 3.63) is 261 Å². The van der Waals surface area contributed by atoms with E-state index in [1.165, 1.54) is 16.7 Å². The van der Waals surface area contributed by atoms with Crippen molar-refractivity contribution < 1.29 is 33.5 Å². The first-order valence-corrected chi connectivity index (χ1v) is 27.2. The summed E-state index contributed by atoms with van der Waals surface area (Å²) in [6.45, 7) is 4.39. The van der Waals surface area contributed by atoms with Crippen LogP contribution in [0.1, 0.15) is 72.7 Å². The summed E-state index contributed by atoms with van der Waals surface area (Å²) < 4.78 is 10.9. The number of thiazole rings is 1. The van der Waals surface area contributed by atoms with Crippen molar-refractivity contribution >= 4 is 69.3 Å². The van der Waals surface area contributed by atoms with Crippen molar-refractivity contribution in [2.24, 2.45) is 10.6 Å². The maximum Gasteiger partial charge on any atom is 0.358 e. The summed E-state index contributed by atoms with van der Waals surface area (Å²) in [7, 11) is 0. The Hall–Kier alpha value is -8.37. The number of esters is 2. The van der Waals surface area contributed by atoms with E-state index < -0.39 is 59.2 Å². The van der Waals surface area contributed by atoms with Crippen LogP contribution in [0, 0.1) is 5.41 Å². The van der Waals surface area contributed by atoms with Crippen molar-refractivity contribution in [2.45, 2.75) is 61.7 Å². The number of anilines is 1. The van der Waals surface area contributed by atoms with Crippen LogP contribution >= 0.6 is 34.7 Å². The molecule has 78 heavy (non-hydrogen) atoms. The second-order valence-electron chi connectivity index (χ2n) is 19.5. The number of amides is 2. The number of allylic oxidation sites excluding steroid dienone is 1. The number of β-lactam (4-membered cyclic amide) rings is 1. The highest BCUT2D eigenvalue weighted by Crippen LogP contribution is 2.46. The summed E-state index contributed by atoms with van der Waals surface area (Å²) >= 11 is 9.75. The van der Waals surface area contributed by atoms with E-state index in [1.54, 1.807) is 45.3 Å². The first-order chi connectivity index (χ1) is 37.9. The molecule has 2 aliphatic rings. The number of thioether (sulfide) groups is 1. The smallest absolute Gasteiger partial charge is 0.358 e. The molecular formula is C62H53ClN6O7S2. The van der Waals surface area contributed by atoms with Gasteiger partial charge in [-0.25, -0.2) is 9.78 Å². The molecule has 1 fully saturated rings. The molecule has 2 aliphatic heterocycles. The van der Waals surface area contributed by atoms with Gasteiger partial charge in [-0.3, -0.25) is 24.3 Å². The fourth-order valence-corrected chi connectivity index (χ4v) is 11.9. The van der Waals surface area contributed by atoms with Gasteiger partial charge in [-0.2, -0.15) is 0 Å². The van der Waals surface area contributed by atoms with Gasteiger partial charge in [0.05, 0.1) is 11.5 Å². The zero-order chi connectivity index (χ0) is 54.3. The van der Waals surface area contributed by atoms with Crippen molar-refractivity contribution in [2.75, 3.05) is 12.1 Å². The third-order valence-electron chi connectivity index (χ3n) is 13.5. The fourth-order valence-electron chi connectivity index (χ4n) is 9.72. The molecule has 0 saturated carbocycles. The summed E-state index contributed by atoms with van der Waals surface area (Å²) in [6, 6.07) is 60.5. The average molecular weight is 1090 g/mol. The summed E-state index contributed by atoms with van der Waals surface area (Å²) in [5.41, 5.74) is 1.24. The molecule has 13 nitrogen and oxygen atoms in total. The van der Waals surface area contributed by atoms with Crippen molar-refractivity contribution in [1.82, 2.24) is 20.2 Å². The molecule has 4 heterocycles. The molecule has 0 unspecified atom stereocenters. The zero-order valence-electron chi connectivity index (χ0n) is 42.7. The molecule has 2 N–H and O–H groups in total. The lowest BCUT2D eigenvalue weighted by Gasteiger charge is -2.50. The average Bonchev–Trinajstić information content (AvgIpc) is 3.94. The Morgan fingerprint density at radius 2 is 1.17 bits per heavy atom. The summed E-state index contributed by atoms with van der Waals surface area (Å²) in [5.74, 6) is -2.81. The Morgan fingerprint density at radius 1 is 0.692 bits per heavy atom. The highest BCUT2D eigenvalue weighted by molar-refractivity contribution is 8.03. The predicted molar refractivity (Wildman–Crippen MR) is 302 cm³/mol. The maximum absolute atomic E-state index is 15.4. The van der Waals surface area contributed by atoms with Gasteiger partial charge in [-0.05, 0) is 62.4 Å². The Labute approximate surface area is 465 Å². The maximum atomic E-state index is 15.4. The number of oxime groups is 1. The number of benzene rings is 6. The van der Waals surface area contributed by atoms with Gasteiger partial charge in [0.2, 0.25) is 12.4 Å². The minimum atomic E-state index is -1.43. The first-order valence-electron chi connectivity index (χ1n) is 25.2. The Balaban J connectivity index is 1.06. The number of nitrogens with zero attached hydrogens (tertiary/aromatic N) is 4. The van der Waals surface area contributed by atoms with Crippen molar-refractivity contribution in [3.8, 4) is 0 Å². The molecular weight excluding hydrogens is 1040 g/mol. The van der Waals surface area contributed by atoms with E-state index in [0.717, 1.165) is 32.9 Å². The topological polar surface area (TPSA) is 161 Å². The van der Waals surface area contributed by atoms with Crippen LogP contribution in [0.25, 0.3) is 0 Å². The quantitative estimate of drug-likeness (QED) is 0.0210. The number of pyridine rings is 1. The van der Waals surface area contributed by atoms with Crippen LogP contribution in [0.15, 0.2) is 227 Å². The van der Waals surface area contributed by atoms with Crippen LogP contribution in [0.2, 0.25) is 4.34 Å². The van der Waals surface area contributed by atoms with Gasteiger partial charge in [0, 0.05) is 38.9 Å². The number of hydrogen-bond donors (Lipinski definition) is 2. The molecule has 0 radical (unpaired) electrons. The number of carbonyl (C=O) groups excluding carboxylic acids is 4. The highest BCUT2D eigenvalue weighted by atomic mass is 35.5. The van der Waals surface area contributed by atoms with Gasteiger partial charge in [0.1, 0.15) is 27.3 Å². The van der Waals surface area contributed by atoms with Gasteiger partial charge in [-0.15, -0.1) is 0 Å². The van der Waals surface area contributed by atoms with Gasteiger partial charge in [-0.1, -0.05) is 222 Å². The number of halogens is 1. The molecule has 2 amide bonds. The minimum Gasteiger partial charge on any atom is -0.427 e. The van der Waals surface area contributed by atoms with Crippen LogP contribution in [-0.2, 0) is 44.6 Å². The summed E-state index contributed by atoms with van der Waals surface area (Å²) in [5, 5.41) is 11.9. The second kappa shape index (κ2) is 23.1. The Bertz CT molecular complexity index is 3280. The minimum absolute atomic E-state index is 0.00915. The molecule has 1 saturated heterocycles. The number of fused-ring (bicyclic) bond motifs is 1. The number of nitrogens with one attached hydrogen (secondary N) is 2. The third-order valence-corrected chi connectivity index (χ3v) is 15.8. The molecule has 2 aromatic heterocycles. The molecule has 2 atom stereocenters. The van der Waals surface area contributed by atoms with E-state index in [-0.39, 0.29) is 21.4 Å². The zero-order valence-corrected chi connectivity index (χ0v) is 45.1. The molecule has 8 aromatic rings. The van der Waals surface area contributed by atoms with Crippen LogP contribution in [0.5, 0.6) is 0 Å². The van der Waals surface area contributed by atoms with E-state index in [0.29, 0.717) is 39.6 Å². The number of carbonyl (C=O) groups is 4. The Morgan fingerprint density at radius 3 is 1.64 bits per heavy atom. The van der Waals surface area contributed by atoms with Crippen molar-refractivity contribution in [1.29, 1.82) is 0 Å². The molecule has 0 aliphatic carbocycles. The molecule has 0 bridgehead atoms. The molecule has 10 rings (SSSR count). The number of ether oxygens (including phenoxy) is 2. The van der Waals surface area contributed by atoms with E-state index in [1.807, 2.05) is 182 Å². The Kier molecular flexibility index (Phi) is 15.7. The normalized spacial score (nSPS) is 15.6. The van der Waals surface area contributed by atoms with E-state index in [4.69, 9.17) is 36.1 Å². The fraction of sp³-hybridized carbons (Fsp3) is 0.177. The van der Waals surface area contributed by atoms with E-state index in [9.17, 15) is 14.4 Å². The molecule has 0 spiro atoms. The van der Waals surface area contributed by atoms with Gasteiger partial charge in [0.15, 0.2) is 10.8 Å². The lowest BCUT2D eigenvalue weighted by Crippen LogP contribution is -2.72. The number of rotatable bonds is 18. The number of hydrogen-bond acceptors (Lipinski definition) is 13. The lowest BCUT2D eigenvalue weighted by molar-refractivity contribution is -0.174. The largest absolute Gasteiger partial charge is 0.427 e. The van der Waals surface area contributed by atoms with Crippen LogP contribution in [-0.4, -0.2) is 63.2 Å². The van der Waals surface area contributed by atoms with E-state index in [2.05, 4.69) is 15.6 Å². The van der Waals surface area contributed by atoms with Crippen molar-refractivity contribution in [3.63, 3.8) is 0 Å². The van der Waals surface area contributed by atoms with Gasteiger partial charge in [0.25, 0.3) is 11.8 Å². The predicted octanol–water partition coefficient (Wildman–Crippen LogP) is 11.9. The third kappa shape index (κ3) is 10.7. The highest BCUT2D eigenvalue weighted by Gasteiger charge is 2.54. The van der Waals surface area contributed by atoms with Gasteiger partial charge < -0.3 is 24.9 Å². The standard InChI is InChI=1S/C62H53ClN6O7S2/c1-60(2,3)58(73)75-40-74-57(72)53-49(77-47-36-38-64-39-37-47)35-34-48-50(56(71)69(48)53)65-55(70)52(68-76-62(44-28-16-7-17-29-44,45-30-18-8-19-31-45)46-32-20-9-21-33-46)51-54(63)78-59(66-51)67-61(41-22-10-4-11-23-41,42-24-12-5-13-25-42)43-26-14-6-15-27-43/h4-33,36-39,48,50H,34-35,40H2,1-3H3,(H,65,70)(H,66,67)/b68-52-/t48-,50+/m1/s1. The van der Waals surface area contributed by atoms with Crippen LogP contribution in [0.3, 0.4) is 0 Å². The second-order valence-corrected chi connectivity index (χ2v) is 22.2. The molecule has 6 aromatic carbocycles. The van der Waals surface area contributed by atoms with Gasteiger partial charge >= 0.3 is 11.9 Å². The van der Waals surface area contributed by atoms with Crippen LogP contribution < -0.4 is 10.6 Å². The summed E-state index contributed by atoms with van der Waals surface area (Å²) in [6.07, 6.45) is 3.97. The monoisotopic (exact) mass is 1090 g/mol. The molecule has 16 heteroatoms. The number of aromatic nitrogens is 2. The van der Waals surface area contributed by atoms with Crippen LogP contribution in [0.4, 0.5) is 5.13 Å². The van der Waals surface area contributed by atoms with E-state index >= 15 is 4.79 Å². The molecule has 392 valence electrons.